The Kier molecular flexibility index (Phi) is 11.3. The predicted octanol–water partition coefficient (Wildman–Crippen LogP) is 5.86. The van der Waals surface area contributed by atoms with Gasteiger partial charge in [0.1, 0.15) is 18.3 Å². The van der Waals surface area contributed by atoms with Crippen LogP contribution in [0.15, 0.2) is 72.8 Å². The number of sulfonamides is 1. The molecule has 3 aromatic rings. The Hall–Kier alpha value is -3.27. The molecule has 1 saturated carbocycles. The molecule has 0 unspecified atom stereocenters. The second-order valence-electron chi connectivity index (χ2n) is 10.8. The van der Waals surface area contributed by atoms with E-state index in [2.05, 4.69) is 5.32 Å². The van der Waals surface area contributed by atoms with Gasteiger partial charge in [-0.05, 0) is 54.3 Å². The number of rotatable bonds is 12. The van der Waals surface area contributed by atoms with Crippen molar-refractivity contribution in [3.8, 4) is 5.75 Å². The van der Waals surface area contributed by atoms with Crippen molar-refractivity contribution in [2.24, 2.45) is 0 Å². The highest BCUT2D eigenvalue weighted by Crippen LogP contribution is 2.30. The second-order valence-corrected chi connectivity index (χ2v) is 13.5. The molecular formula is C32H37Cl2N3O5S. The van der Waals surface area contributed by atoms with Crippen molar-refractivity contribution in [2.45, 2.75) is 57.2 Å². The highest BCUT2D eigenvalue weighted by atomic mass is 35.5. The minimum absolute atomic E-state index is 0.0246. The van der Waals surface area contributed by atoms with Crippen LogP contribution >= 0.6 is 23.2 Å². The third kappa shape index (κ3) is 9.11. The van der Waals surface area contributed by atoms with E-state index < -0.39 is 28.5 Å². The van der Waals surface area contributed by atoms with E-state index in [4.69, 9.17) is 27.9 Å². The van der Waals surface area contributed by atoms with Crippen LogP contribution < -0.4 is 14.4 Å². The largest absolute Gasteiger partial charge is 0.495 e. The molecule has 3 aromatic carbocycles. The predicted molar refractivity (Wildman–Crippen MR) is 171 cm³/mol. The minimum atomic E-state index is -3.93. The van der Waals surface area contributed by atoms with E-state index >= 15 is 0 Å². The standard InChI is InChI=1S/C32H37Cl2N3O5S/c1-42-30-17-16-27(20-28(30)34)37(43(2,40)41)22-31(38)36(21-24-12-9-13-25(33)18-24)29(19-23-10-5-3-6-11-23)32(39)35-26-14-7-4-8-15-26/h3,5-6,9-13,16-18,20,26,29H,4,7-8,14-15,19,21-22H2,1-2H3,(H,35,39)/t29-/m0/s1. The zero-order valence-electron chi connectivity index (χ0n) is 24.3. The van der Waals surface area contributed by atoms with Gasteiger partial charge in [0.05, 0.1) is 24.1 Å². The lowest BCUT2D eigenvalue weighted by molar-refractivity contribution is -0.140. The van der Waals surface area contributed by atoms with Gasteiger partial charge in [0.25, 0.3) is 0 Å². The number of nitrogens with zero attached hydrogens (tertiary/aromatic N) is 2. The number of amides is 2. The maximum atomic E-state index is 14.2. The van der Waals surface area contributed by atoms with E-state index in [9.17, 15) is 18.0 Å². The lowest BCUT2D eigenvalue weighted by atomic mass is 9.94. The average Bonchev–Trinajstić information content (AvgIpc) is 2.98. The van der Waals surface area contributed by atoms with Crippen molar-refractivity contribution in [1.82, 2.24) is 10.2 Å². The first kappa shape index (κ1) is 32.6. The summed E-state index contributed by atoms with van der Waals surface area (Å²) >= 11 is 12.6. The second kappa shape index (κ2) is 14.9. The van der Waals surface area contributed by atoms with E-state index in [0.717, 1.165) is 48.2 Å². The number of ether oxygens (including phenoxy) is 1. The first-order chi connectivity index (χ1) is 20.5. The van der Waals surface area contributed by atoms with E-state index in [0.29, 0.717) is 16.3 Å². The van der Waals surface area contributed by atoms with Crippen molar-refractivity contribution >= 4 is 50.7 Å². The van der Waals surface area contributed by atoms with Gasteiger partial charge in [0, 0.05) is 24.0 Å². The molecule has 1 aliphatic rings. The quantitative estimate of drug-likeness (QED) is 0.266. The number of hydrogen-bond acceptors (Lipinski definition) is 5. The molecule has 0 aromatic heterocycles. The van der Waals surface area contributed by atoms with E-state index in [-0.39, 0.29) is 35.6 Å². The number of benzene rings is 3. The third-order valence-electron chi connectivity index (χ3n) is 7.57. The van der Waals surface area contributed by atoms with Gasteiger partial charge in [-0.15, -0.1) is 0 Å². The van der Waals surface area contributed by atoms with Crippen molar-refractivity contribution in [2.75, 3.05) is 24.2 Å². The van der Waals surface area contributed by atoms with Crippen LogP contribution in [0.3, 0.4) is 0 Å². The fourth-order valence-corrected chi connectivity index (χ4v) is 6.66. The number of hydrogen-bond donors (Lipinski definition) is 1. The smallest absolute Gasteiger partial charge is 0.244 e. The molecule has 0 aliphatic heterocycles. The molecule has 1 N–H and O–H groups in total. The van der Waals surface area contributed by atoms with Crippen LogP contribution in [0.25, 0.3) is 0 Å². The van der Waals surface area contributed by atoms with Gasteiger partial charge in [-0.25, -0.2) is 8.42 Å². The number of carbonyl (C=O) groups excluding carboxylic acids is 2. The molecule has 1 aliphatic carbocycles. The zero-order chi connectivity index (χ0) is 31.0. The molecule has 0 spiro atoms. The van der Waals surface area contributed by atoms with E-state index in [1.165, 1.54) is 24.1 Å². The molecule has 1 atom stereocenters. The molecule has 8 nitrogen and oxygen atoms in total. The summed E-state index contributed by atoms with van der Waals surface area (Å²) < 4.78 is 32.2. The molecular weight excluding hydrogens is 609 g/mol. The number of nitrogens with one attached hydrogen (secondary N) is 1. The number of halogens is 2. The average molecular weight is 647 g/mol. The van der Waals surface area contributed by atoms with Gasteiger partial charge in [0.15, 0.2) is 0 Å². The first-order valence-corrected chi connectivity index (χ1v) is 16.8. The summed E-state index contributed by atoms with van der Waals surface area (Å²) in [6, 6.07) is 20.2. The lowest BCUT2D eigenvalue weighted by Crippen LogP contribution is -2.55. The van der Waals surface area contributed by atoms with Crippen LogP contribution in [0.4, 0.5) is 5.69 Å². The Balaban J connectivity index is 1.73. The molecule has 43 heavy (non-hydrogen) atoms. The van der Waals surface area contributed by atoms with Crippen LogP contribution in [-0.4, -0.2) is 57.1 Å². The van der Waals surface area contributed by atoms with Gasteiger partial charge in [-0.2, -0.15) is 0 Å². The summed E-state index contributed by atoms with van der Waals surface area (Å²) in [5, 5.41) is 3.87. The minimum Gasteiger partial charge on any atom is -0.495 e. The molecule has 1 fully saturated rings. The summed E-state index contributed by atoms with van der Waals surface area (Å²) in [7, 11) is -2.47. The van der Waals surface area contributed by atoms with Gasteiger partial charge < -0.3 is 15.0 Å². The topological polar surface area (TPSA) is 96.0 Å². The van der Waals surface area contributed by atoms with Crippen molar-refractivity contribution in [3.05, 3.63) is 94.0 Å². The van der Waals surface area contributed by atoms with Crippen molar-refractivity contribution < 1.29 is 22.7 Å². The highest BCUT2D eigenvalue weighted by molar-refractivity contribution is 7.92. The van der Waals surface area contributed by atoms with Crippen molar-refractivity contribution in [1.29, 1.82) is 0 Å². The Morgan fingerprint density at radius 3 is 2.28 bits per heavy atom. The Bertz CT molecular complexity index is 1510. The Labute approximate surface area is 264 Å². The third-order valence-corrected chi connectivity index (χ3v) is 9.24. The summed E-state index contributed by atoms with van der Waals surface area (Å²) in [4.78, 5) is 29.7. The Morgan fingerprint density at radius 1 is 0.953 bits per heavy atom. The molecule has 4 rings (SSSR count). The van der Waals surface area contributed by atoms with Gasteiger partial charge in [-0.3, -0.25) is 13.9 Å². The van der Waals surface area contributed by atoms with Crippen LogP contribution in [0, 0.1) is 0 Å². The number of carbonyl (C=O) groups is 2. The van der Waals surface area contributed by atoms with Crippen LogP contribution in [0.5, 0.6) is 5.75 Å². The van der Waals surface area contributed by atoms with Crippen molar-refractivity contribution in [3.63, 3.8) is 0 Å². The molecule has 230 valence electrons. The summed E-state index contributed by atoms with van der Waals surface area (Å²) in [6.07, 6.45) is 6.24. The molecule has 2 amide bonds. The maximum absolute atomic E-state index is 14.2. The molecule has 0 radical (unpaired) electrons. The Morgan fingerprint density at radius 2 is 1.65 bits per heavy atom. The summed E-state index contributed by atoms with van der Waals surface area (Å²) in [5.74, 6) is -0.448. The van der Waals surface area contributed by atoms with Gasteiger partial charge in [-0.1, -0.05) is 84.9 Å². The SMILES string of the molecule is COc1ccc(N(CC(=O)N(Cc2cccc(Cl)c2)[C@@H](Cc2ccccc2)C(=O)NC2CCCCC2)S(C)(=O)=O)cc1Cl. The first-order valence-electron chi connectivity index (χ1n) is 14.2. The molecule has 11 heteroatoms. The fraction of sp³-hybridized carbons (Fsp3) is 0.375. The van der Waals surface area contributed by atoms with E-state index in [1.54, 1.807) is 24.3 Å². The monoisotopic (exact) mass is 645 g/mol. The fourth-order valence-electron chi connectivity index (χ4n) is 5.35. The van der Waals surface area contributed by atoms with E-state index in [1.807, 2.05) is 36.4 Å². The van der Waals surface area contributed by atoms with Crippen LogP contribution in [0.2, 0.25) is 10.0 Å². The summed E-state index contributed by atoms with van der Waals surface area (Å²) in [6.45, 7) is -0.486. The van der Waals surface area contributed by atoms with Crippen LogP contribution in [-0.2, 0) is 32.6 Å². The number of anilines is 1. The van der Waals surface area contributed by atoms with Crippen LogP contribution in [0.1, 0.15) is 43.2 Å². The molecule has 0 bridgehead atoms. The number of methoxy groups -OCH3 is 1. The lowest BCUT2D eigenvalue weighted by Gasteiger charge is -2.35. The van der Waals surface area contributed by atoms with Gasteiger partial charge >= 0.3 is 0 Å². The molecule has 0 heterocycles. The highest BCUT2D eigenvalue weighted by Gasteiger charge is 2.34. The summed E-state index contributed by atoms with van der Waals surface area (Å²) in [5.41, 5.74) is 1.79. The van der Waals surface area contributed by atoms with Gasteiger partial charge in [0.2, 0.25) is 21.8 Å². The molecule has 0 saturated heterocycles. The maximum Gasteiger partial charge on any atom is 0.244 e. The zero-order valence-corrected chi connectivity index (χ0v) is 26.7. The normalized spacial score (nSPS) is 14.5.